The molecule has 2 rings (SSSR count). The van der Waals surface area contributed by atoms with Crippen molar-refractivity contribution in [3.05, 3.63) is 35.4 Å². The van der Waals surface area contributed by atoms with Gasteiger partial charge in [0.2, 0.25) is 5.91 Å². The van der Waals surface area contributed by atoms with Gasteiger partial charge in [-0.2, -0.15) is 0 Å². The number of aryl methyl sites for hydroxylation is 2. The molecule has 4 heteroatoms. The minimum absolute atomic E-state index is 0.0500. The van der Waals surface area contributed by atoms with Crippen molar-refractivity contribution >= 4 is 11.9 Å². The van der Waals surface area contributed by atoms with E-state index in [1.807, 2.05) is 25.1 Å². The summed E-state index contributed by atoms with van der Waals surface area (Å²) in [5.74, 6) is -1.13. The molecule has 1 aliphatic rings. The van der Waals surface area contributed by atoms with Crippen LogP contribution in [0.25, 0.3) is 0 Å². The molecule has 0 saturated carbocycles. The second-order valence-electron chi connectivity index (χ2n) is 4.82. The summed E-state index contributed by atoms with van der Waals surface area (Å²) in [6.45, 7) is 2.75. The second-order valence-corrected chi connectivity index (χ2v) is 4.82. The molecular formula is C14H17NO3. The van der Waals surface area contributed by atoms with Crippen molar-refractivity contribution in [1.29, 1.82) is 0 Å². The predicted octanol–water partition coefficient (Wildman–Crippen LogP) is 1.47. The Labute approximate surface area is 106 Å². The molecule has 1 fully saturated rings. The summed E-state index contributed by atoms with van der Waals surface area (Å²) < 4.78 is 0. The van der Waals surface area contributed by atoms with Crippen molar-refractivity contribution in [3.8, 4) is 0 Å². The minimum Gasteiger partial charge on any atom is -0.481 e. The number of amides is 1. The topological polar surface area (TPSA) is 57.6 Å². The maximum Gasteiger partial charge on any atom is 0.310 e. The van der Waals surface area contributed by atoms with Gasteiger partial charge in [0.05, 0.1) is 5.92 Å². The van der Waals surface area contributed by atoms with E-state index in [0.29, 0.717) is 19.5 Å². The van der Waals surface area contributed by atoms with Gasteiger partial charge in [-0.15, -0.1) is 0 Å². The number of likely N-dealkylation sites (tertiary alicyclic amines) is 1. The summed E-state index contributed by atoms with van der Waals surface area (Å²) in [4.78, 5) is 24.0. The van der Waals surface area contributed by atoms with Gasteiger partial charge in [-0.05, 0) is 18.9 Å². The highest BCUT2D eigenvalue weighted by Gasteiger charge is 2.34. The molecule has 0 atom stereocenters. The van der Waals surface area contributed by atoms with Crippen LogP contribution in [0.1, 0.15) is 17.5 Å². The minimum atomic E-state index is -0.808. The third-order valence-electron chi connectivity index (χ3n) is 3.29. The summed E-state index contributed by atoms with van der Waals surface area (Å²) in [6.07, 6.45) is 1.17. The lowest BCUT2D eigenvalue weighted by molar-refractivity contribution is -0.152. The number of carbonyl (C=O) groups is 2. The fraction of sp³-hybridized carbons (Fsp3) is 0.429. The Morgan fingerprint density at radius 1 is 1.39 bits per heavy atom. The van der Waals surface area contributed by atoms with Gasteiger partial charge in [-0.1, -0.05) is 29.8 Å². The average Bonchev–Trinajstić information content (AvgIpc) is 2.24. The van der Waals surface area contributed by atoms with Crippen molar-refractivity contribution < 1.29 is 14.7 Å². The van der Waals surface area contributed by atoms with Gasteiger partial charge in [-0.3, -0.25) is 9.59 Å². The van der Waals surface area contributed by atoms with Crippen molar-refractivity contribution in [1.82, 2.24) is 4.90 Å². The number of hydrogen-bond donors (Lipinski definition) is 1. The van der Waals surface area contributed by atoms with E-state index in [-0.39, 0.29) is 11.8 Å². The molecule has 1 heterocycles. The maximum atomic E-state index is 11.8. The van der Waals surface area contributed by atoms with Gasteiger partial charge < -0.3 is 10.0 Å². The molecule has 1 N–H and O–H groups in total. The molecule has 0 aliphatic carbocycles. The molecule has 1 saturated heterocycles. The van der Waals surface area contributed by atoms with Crippen molar-refractivity contribution in [2.24, 2.45) is 5.92 Å². The number of carboxylic acids is 1. The van der Waals surface area contributed by atoms with Crippen LogP contribution in [-0.4, -0.2) is 35.0 Å². The monoisotopic (exact) mass is 247 g/mol. The third-order valence-corrected chi connectivity index (χ3v) is 3.29. The molecule has 96 valence electrons. The Bertz CT molecular complexity index is 464. The van der Waals surface area contributed by atoms with Gasteiger partial charge in [0, 0.05) is 19.5 Å². The Hall–Kier alpha value is -1.84. The quantitative estimate of drug-likeness (QED) is 0.876. The number of hydrogen-bond acceptors (Lipinski definition) is 2. The number of carbonyl (C=O) groups excluding carboxylic acids is 1. The summed E-state index contributed by atoms with van der Waals surface area (Å²) in [6, 6.07) is 8.09. The first-order valence-electron chi connectivity index (χ1n) is 6.12. The van der Waals surface area contributed by atoms with Crippen LogP contribution in [0.15, 0.2) is 24.3 Å². The van der Waals surface area contributed by atoms with Crippen LogP contribution in [-0.2, 0) is 16.0 Å². The number of aliphatic carboxylic acids is 1. The Morgan fingerprint density at radius 2 is 2.11 bits per heavy atom. The van der Waals surface area contributed by atoms with Crippen LogP contribution >= 0.6 is 0 Å². The number of rotatable bonds is 4. The summed E-state index contributed by atoms with van der Waals surface area (Å²) in [5.41, 5.74) is 2.34. The molecule has 0 spiro atoms. The van der Waals surface area contributed by atoms with Crippen molar-refractivity contribution in [2.75, 3.05) is 13.1 Å². The number of benzene rings is 1. The zero-order chi connectivity index (χ0) is 13.1. The fourth-order valence-corrected chi connectivity index (χ4v) is 2.12. The molecule has 4 nitrogen and oxygen atoms in total. The van der Waals surface area contributed by atoms with E-state index < -0.39 is 5.97 Å². The number of carboxylic acid groups (broad SMARTS) is 1. The van der Waals surface area contributed by atoms with E-state index in [1.54, 1.807) is 4.90 Å². The van der Waals surface area contributed by atoms with E-state index in [1.165, 1.54) is 5.56 Å². The van der Waals surface area contributed by atoms with Crippen LogP contribution < -0.4 is 0 Å². The lowest BCUT2D eigenvalue weighted by Gasteiger charge is -2.36. The Kier molecular flexibility index (Phi) is 3.65. The third kappa shape index (κ3) is 2.88. The molecular weight excluding hydrogens is 230 g/mol. The average molecular weight is 247 g/mol. The van der Waals surface area contributed by atoms with Gasteiger partial charge in [-0.25, -0.2) is 0 Å². The van der Waals surface area contributed by atoms with Gasteiger partial charge in [0.15, 0.2) is 0 Å². The zero-order valence-electron chi connectivity index (χ0n) is 10.4. The van der Waals surface area contributed by atoms with E-state index in [9.17, 15) is 9.59 Å². The van der Waals surface area contributed by atoms with Crippen LogP contribution in [0.2, 0.25) is 0 Å². The predicted molar refractivity (Wildman–Crippen MR) is 67.2 cm³/mol. The van der Waals surface area contributed by atoms with Gasteiger partial charge in [0.25, 0.3) is 0 Å². The normalized spacial score (nSPS) is 15.3. The molecule has 18 heavy (non-hydrogen) atoms. The van der Waals surface area contributed by atoms with Crippen LogP contribution in [0.3, 0.4) is 0 Å². The SMILES string of the molecule is Cc1cccc(CCC(=O)N2CC(C(=O)O)C2)c1. The lowest BCUT2D eigenvalue weighted by Crippen LogP contribution is -2.53. The molecule has 0 radical (unpaired) electrons. The molecule has 0 aromatic heterocycles. The molecule has 1 amide bonds. The first kappa shape index (κ1) is 12.6. The Balaban J connectivity index is 1.78. The van der Waals surface area contributed by atoms with Crippen LogP contribution in [0.5, 0.6) is 0 Å². The van der Waals surface area contributed by atoms with Gasteiger partial charge >= 0.3 is 5.97 Å². The van der Waals surface area contributed by atoms with E-state index in [0.717, 1.165) is 12.0 Å². The highest BCUT2D eigenvalue weighted by molar-refractivity contribution is 5.81. The molecule has 0 bridgehead atoms. The highest BCUT2D eigenvalue weighted by Crippen LogP contribution is 2.17. The summed E-state index contributed by atoms with van der Waals surface area (Å²) in [5, 5.41) is 8.73. The summed E-state index contributed by atoms with van der Waals surface area (Å²) in [7, 11) is 0. The first-order chi connectivity index (χ1) is 8.56. The van der Waals surface area contributed by atoms with E-state index in [4.69, 9.17) is 5.11 Å². The van der Waals surface area contributed by atoms with Gasteiger partial charge in [0.1, 0.15) is 0 Å². The van der Waals surface area contributed by atoms with E-state index in [2.05, 4.69) is 6.07 Å². The Morgan fingerprint density at radius 3 is 2.72 bits per heavy atom. The first-order valence-corrected chi connectivity index (χ1v) is 6.12. The fourth-order valence-electron chi connectivity index (χ4n) is 2.12. The second kappa shape index (κ2) is 5.21. The largest absolute Gasteiger partial charge is 0.481 e. The van der Waals surface area contributed by atoms with Crippen LogP contribution in [0, 0.1) is 12.8 Å². The van der Waals surface area contributed by atoms with Crippen LogP contribution in [0.4, 0.5) is 0 Å². The maximum absolute atomic E-state index is 11.8. The number of nitrogens with zero attached hydrogens (tertiary/aromatic N) is 1. The summed E-state index contributed by atoms with van der Waals surface area (Å²) >= 11 is 0. The van der Waals surface area contributed by atoms with Crippen molar-refractivity contribution in [3.63, 3.8) is 0 Å². The smallest absolute Gasteiger partial charge is 0.310 e. The molecule has 0 unspecified atom stereocenters. The zero-order valence-corrected chi connectivity index (χ0v) is 10.4. The molecule has 1 aliphatic heterocycles. The molecule has 1 aromatic carbocycles. The van der Waals surface area contributed by atoms with Crippen molar-refractivity contribution in [2.45, 2.75) is 19.8 Å². The highest BCUT2D eigenvalue weighted by atomic mass is 16.4. The van der Waals surface area contributed by atoms with E-state index >= 15 is 0 Å². The molecule has 1 aromatic rings. The lowest BCUT2D eigenvalue weighted by atomic mass is 9.99. The standard InChI is InChI=1S/C14H17NO3/c1-10-3-2-4-11(7-10)5-6-13(16)15-8-12(9-15)14(17)18/h2-4,7,12H,5-6,8-9H2,1H3,(H,17,18).